The van der Waals surface area contributed by atoms with Gasteiger partial charge in [0.05, 0.1) is 28.0 Å². The molecule has 1 aromatic heterocycles. The Balaban J connectivity index is 1.79. The van der Waals surface area contributed by atoms with E-state index in [4.69, 9.17) is 16.3 Å². The van der Waals surface area contributed by atoms with Gasteiger partial charge >= 0.3 is 5.97 Å². The molecule has 0 aliphatic rings. The van der Waals surface area contributed by atoms with Gasteiger partial charge in [-0.25, -0.2) is 8.42 Å². The number of rotatable bonds is 8. The van der Waals surface area contributed by atoms with E-state index >= 15 is 0 Å². The Morgan fingerprint density at radius 3 is 2.53 bits per heavy atom. The molecule has 32 heavy (non-hydrogen) atoms. The van der Waals surface area contributed by atoms with Crippen molar-refractivity contribution in [1.82, 2.24) is 4.57 Å². The number of methoxy groups -OCH3 is 1. The molecule has 0 aliphatic heterocycles. The Hall–Kier alpha value is -2.49. The van der Waals surface area contributed by atoms with Crippen molar-refractivity contribution in [1.29, 1.82) is 0 Å². The molecule has 3 rings (SSSR count). The lowest BCUT2D eigenvalue weighted by Crippen LogP contribution is -2.22. The van der Waals surface area contributed by atoms with Crippen LogP contribution in [0, 0.1) is 0 Å². The van der Waals surface area contributed by atoms with E-state index in [0.29, 0.717) is 9.82 Å². The van der Waals surface area contributed by atoms with Crippen molar-refractivity contribution < 1.29 is 22.7 Å². The molecular formula is C22H23ClN2O5S2. The highest BCUT2D eigenvalue weighted by molar-refractivity contribution is 7.91. The molecular weight excluding hydrogens is 472 g/mol. The molecule has 0 saturated carbocycles. The number of halogens is 1. The summed E-state index contributed by atoms with van der Waals surface area (Å²) in [6.07, 6.45) is 0.965. The first kappa shape index (κ1) is 24.2. The zero-order valence-corrected chi connectivity index (χ0v) is 20.1. The van der Waals surface area contributed by atoms with Gasteiger partial charge in [0.2, 0.25) is 5.91 Å². The number of hydrogen-bond donors (Lipinski definition) is 0. The number of benzene rings is 2. The van der Waals surface area contributed by atoms with Gasteiger partial charge in [0, 0.05) is 11.4 Å². The molecule has 0 N–H and O–H groups in total. The Labute approximate surface area is 195 Å². The van der Waals surface area contributed by atoms with Crippen LogP contribution in [0.1, 0.15) is 25.3 Å². The summed E-state index contributed by atoms with van der Waals surface area (Å²) >= 11 is 7.11. The second-order valence-electron chi connectivity index (χ2n) is 7.08. The van der Waals surface area contributed by atoms with E-state index in [2.05, 4.69) is 4.99 Å². The zero-order valence-electron chi connectivity index (χ0n) is 17.7. The van der Waals surface area contributed by atoms with Gasteiger partial charge in [0.1, 0.15) is 6.54 Å². The fourth-order valence-electron chi connectivity index (χ4n) is 3.11. The minimum absolute atomic E-state index is 0.0283. The molecule has 1 heterocycles. The van der Waals surface area contributed by atoms with Crippen molar-refractivity contribution in [3.05, 3.63) is 57.9 Å². The van der Waals surface area contributed by atoms with Gasteiger partial charge in [-0.2, -0.15) is 4.99 Å². The van der Waals surface area contributed by atoms with Crippen LogP contribution in [0.5, 0.6) is 0 Å². The average Bonchev–Trinajstić information content (AvgIpc) is 3.09. The minimum Gasteiger partial charge on any atom is -0.468 e. The fourth-order valence-corrected chi connectivity index (χ4v) is 5.65. The van der Waals surface area contributed by atoms with E-state index in [1.165, 1.54) is 42.7 Å². The van der Waals surface area contributed by atoms with E-state index in [0.717, 1.165) is 22.2 Å². The quantitative estimate of drug-likeness (QED) is 0.444. The SMILES string of the molecule is CCc1ccc2c(c1)sc(=NC(=O)CCCS(=O)(=O)c1ccc(Cl)cc1)n2CC(=O)OC. The lowest BCUT2D eigenvalue weighted by molar-refractivity contribution is -0.141. The van der Waals surface area contributed by atoms with Crippen LogP contribution in [-0.2, 0) is 37.1 Å². The molecule has 170 valence electrons. The lowest BCUT2D eigenvalue weighted by Gasteiger charge is -2.05. The number of esters is 1. The standard InChI is InChI=1S/C22H23ClN2O5S2/c1-3-15-6-11-18-19(13-15)31-22(25(18)14-21(27)30-2)24-20(26)5-4-12-32(28,29)17-9-7-16(23)8-10-17/h6-11,13H,3-5,12,14H2,1-2H3. The number of sulfone groups is 1. The number of nitrogens with zero attached hydrogens (tertiary/aromatic N) is 2. The van der Waals surface area contributed by atoms with Crippen molar-refractivity contribution in [2.75, 3.05) is 12.9 Å². The van der Waals surface area contributed by atoms with Crippen LogP contribution >= 0.6 is 22.9 Å². The molecule has 10 heteroatoms. The van der Waals surface area contributed by atoms with Crippen molar-refractivity contribution in [3.8, 4) is 0 Å². The number of fused-ring (bicyclic) bond motifs is 1. The highest BCUT2D eigenvalue weighted by atomic mass is 35.5. The summed E-state index contributed by atoms with van der Waals surface area (Å²) in [5, 5.41) is 0.451. The molecule has 0 fully saturated rings. The van der Waals surface area contributed by atoms with E-state index in [1.54, 1.807) is 4.57 Å². The number of amides is 1. The third kappa shape index (κ3) is 5.85. The molecule has 1 amide bonds. The van der Waals surface area contributed by atoms with Crippen LogP contribution < -0.4 is 4.80 Å². The smallest absolute Gasteiger partial charge is 0.325 e. The molecule has 3 aromatic rings. The van der Waals surface area contributed by atoms with Gasteiger partial charge in [-0.3, -0.25) is 9.59 Å². The van der Waals surface area contributed by atoms with Crippen LogP contribution in [0.4, 0.5) is 0 Å². The number of thiazole rings is 1. The molecule has 0 aliphatic carbocycles. The van der Waals surface area contributed by atoms with Crippen molar-refractivity contribution in [3.63, 3.8) is 0 Å². The highest BCUT2D eigenvalue weighted by Gasteiger charge is 2.16. The Morgan fingerprint density at radius 2 is 1.88 bits per heavy atom. The Bertz CT molecular complexity index is 1310. The highest BCUT2D eigenvalue weighted by Crippen LogP contribution is 2.20. The molecule has 0 atom stereocenters. The molecule has 2 aromatic carbocycles. The number of aromatic nitrogens is 1. The monoisotopic (exact) mass is 494 g/mol. The molecule has 0 saturated heterocycles. The maximum Gasteiger partial charge on any atom is 0.325 e. The predicted octanol–water partition coefficient (Wildman–Crippen LogP) is 3.77. The van der Waals surface area contributed by atoms with E-state index in [-0.39, 0.29) is 30.0 Å². The average molecular weight is 495 g/mol. The number of carbonyl (C=O) groups is 2. The van der Waals surface area contributed by atoms with Gasteiger partial charge in [-0.1, -0.05) is 35.9 Å². The molecule has 7 nitrogen and oxygen atoms in total. The summed E-state index contributed by atoms with van der Waals surface area (Å²) in [5.41, 5.74) is 1.92. The van der Waals surface area contributed by atoms with Gasteiger partial charge in [0.15, 0.2) is 14.6 Å². The number of ether oxygens (including phenoxy) is 1. The number of hydrogen-bond acceptors (Lipinski definition) is 6. The first-order valence-electron chi connectivity index (χ1n) is 9.98. The van der Waals surface area contributed by atoms with E-state index in [9.17, 15) is 18.0 Å². The van der Waals surface area contributed by atoms with Crippen molar-refractivity contribution in [2.24, 2.45) is 4.99 Å². The van der Waals surface area contributed by atoms with Crippen molar-refractivity contribution >= 4 is 54.9 Å². The maximum atomic E-state index is 12.5. The van der Waals surface area contributed by atoms with Gasteiger partial charge in [-0.15, -0.1) is 0 Å². The summed E-state index contributed by atoms with van der Waals surface area (Å²) in [6, 6.07) is 11.8. The first-order chi connectivity index (χ1) is 15.2. The van der Waals surface area contributed by atoms with E-state index < -0.39 is 21.7 Å². The third-order valence-electron chi connectivity index (χ3n) is 4.87. The summed E-state index contributed by atoms with van der Waals surface area (Å²) in [7, 11) is -2.22. The predicted molar refractivity (Wildman–Crippen MR) is 125 cm³/mol. The second kappa shape index (κ2) is 10.4. The van der Waals surface area contributed by atoms with Crippen LogP contribution in [0.2, 0.25) is 5.02 Å². The van der Waals surface area contributed by atoms with Crippen LogP contribution in [0.3, 0.4) is 0 Å². The fraction of sp³-hybridized carbons (Fsp3) is 0.318. The summed E-state index contributed by atoms with van der Waals surface area (Å²) < 4.78 is 32.2. The van der Waals surface area contributed by atoms with Crippen LogP contribution in [0.15, 0.2) is 52.4 Å². The Kier molecular flexibility index (Phi) is 7.86. The van der Waals surface area contributed by atoms with Gasteiger partial charge < -0.3 is 9.30 Å². The maximum absolute atomic E-state index is 12.5. The molecule has 0 radical (unpaired) electrons. The van der Waals surface area contributed by atoms with Crippen LogP contribution in [-0.4, -0.2) is 37.7 Å². The molecule has 0 bridgehead atoms. The first-order valence-corrected chi connectivity index (χ1v) is 12.8. The topological polar surface area (TPSA) is 94.8 Å². The van der Waals surface area contributed by atoms with Gasteiger partial charge in [-0.05, 0) is 54.8 Å². The zero-order chi connectivity index (χ0) is 23.3. The summed E-state index contributed by atoms with van der Waals surface area (Å²) in [4.78, 5) is 29.1. The molecule has 0 spiro atoms. The largest absolute Gasteiger partial charge is 0.468 e. The van der Waals surface area contributed by atoms with E-state index in [1.807, 2.05) is 25.1 Å². The number of carbonyl (C=O) groups excluding carboxylic acids is 2. The van der Waals surface area contributed by atoms with Crippen molar-refractivity contribution in [2.45, 2.75) is 37.6 Å². The number of aryl methyl sites for hydroxylation is 1. The summed E-state index contributed by atoms with van der Waals surface area (Å²) in [6.45, 7) is 1.98. The normalized spacial score (nSPS) is 12.3. The Morgan fingerprint density at radius 1 is 1.16 bits per heavy atom. The lowest BCUT2D eigenvalue weighted by atomic mass is 10.2. The van der Waals surface area contributed by atoms with Crippen LogP contribution in [0.25, 0.3) is 10.2 Å². The second-order valence-corrected chi connectivity index (χ2v) is 10.6. The molecule has 0 unspecified atom stereocenters. The minimum atomic E-state index is -3.52. The van der Waals surface area contributed by atoms with Gasteiger partial charge in [0.25, 0.3) is 0 Å². The third-order valence-corrected chi connectivity index (χ3v) is 7.98. The summed E-state index contributed by atoms with van der Waals surface area (Å²) in [5.74, 6) is -1.07.